The highest BCUT2D eigenvalue weighted by Gasteiger charge is 2.35. The molecule has 7 heteroatoms. The van der Waals surface area contributed by atoms with Gasteiger partial charge in [0.05, 0.1) is 29.8 Å². The highest BCUT2D eigenvalue weighted by atomic mass is 16.6. The molecule has 4 rings (SSSR count). The molecule has 1 aliphatic heterocycles. The number of hydrogen-bond donors (Lipinski definition) is 0. The van der Waals surface area contributed by atoms with Crippen LogP contribution in [0, 0.1) is 12.3 Å². The molecule has 0 amide bonds. The average Bonchev–Trinajstić information content (AvgIpc) is 2.91. The number of carbonyl (C=O) groups excluding carboxylic acids is 1. The van der Waals surface area contributed by atoms with E-state index in [-0.39, 0.29) is 17.6 Å². The normalized spacial score (nSPS) is 15.8. The third kappa shape index (κ3) is 7.39. The molecule has 214 valence electrons. The molecule has 0 saturated carbocycles. The van der Waals surface area contributed by atoms with E-state index in [1.165, 1.54) is 0 Å². The first-order valence-corrected chi connectivity index (χ1v) is 14.3. The Kier molecular flexibility index (Phi) is 9.46. The lowest BCUT2D eigenvalue weighted by atomic mass is 9.82. The van der Waals surface area contributed by atoms with Crippen LogP contribution in [-0.2, 0) is 20.9 Å². The van der Waals surface area contributed by atoms with E-state index in [1.807, 2.05) is 83.3 Å². The Bertz CT molecular complexity index is 1260. The largest absolute Gasteiger partial charge is 0.487 e. The first-order valence-electron chi connectivity index (χ1n) is 14.3. The van der Waals surface area contributed by atoms with Crippen molar-refractivity contribution >= 4 is 11.7 Å². The van der Waals surface area contributed by atoms with Crippen molar-refractivity contribution in [3.8, 4) is 17.0 Å². The van der Waals surface area contributed by atoms with Crippen LogP contribution >= 0.6 is 0 Å². The first kappa shape index (κ1) is 29.5. The first-order chi connectivity index (χ1) is 19.0. The van der Waals surface area contributed by atoms with Gasteiger partial charge in [-0.3, -0.25) is 9.97 Å². The molecule has 1 fully saturated rings. The van der Waals surface area contributed by atoms with E-state index < -0.39 is 12.1 Å². The van der Waals surface area contributed by atoms with Gasteiger partial charge in [0.2, 0.25) is 0 Å². The maximum Gasteiger partial charge on any atom is 0.340 e. The van der Waals surface area contributed by atoms with Crippen LogP contribution in [0.25, 0.3) is 11.3 Å². The van der Waals surface area contributed by atoms with E-state index in [0.29, 0.717) is 12.4 Å². The summed E-state index contributed by atoms with van der Waals surface area (Å²) in [4.78, 5) is 25.3. The summed E-state index contributed by atoms with van der Waals surface area (Å²) in [5, 5.41) is 0. The molecule has 40 heavy (non-hydrogen) atoms. The second-order valence-corrected chi connectivity index (χ2v) is 11.9. The Balaban J connectivity index is 1.75. The summed E-state index contributed by atoms with van der Waals surface area (Å²) in [7, 11) is 0. The fourth-order valence-corrected chi connectivity index (χ4v) is 4.96. The summed E-state index contributed by atoms with van der Waals surface area (Å²) in [6.45, 7) is 16.3. The van der Waals surface area contributed by atoms with Gasteiger partial charge in [-0.2, -0.15) is 0 Å². The Labute approximate surface area is 238 Å². The average molecular weight is 546 g/mol. The number of esters is 1. The van der Waals surface area contributed by atoms with Gasteiger partial charge in [0.1, 0.15) is 12.4 Å². The number of pyridine rings is 2. The molecule has 1 aliphatic rings. The highest BCUT2D eigenvalue weighted by Crippen LogP contribution is 2.43. The van der Waals surface area contributed by atoms with Crippen LogP contribution in [0.4, 0.5) is 5.69 Å². The van der Waals surface area contributed by atoms with Crippen LogP contribution in [0.2, 0.25) is 0 Å². The number of piperidine rings is 1. The van der Waals surface area contributed by atoms with E-state index >= 15 is 0 Å². The lowest BCUT2D eigenvalue weighted by Gasteiger charge is -2.40. The van der Waals surface area contributed by atoms with Crippen molar-refractivity contribution in [2.45, 2.75) is 86.2 Å². The van der Waals surface area contributed by atoms with Crippen molar-refractivity contribution < 1.29 is 19.0 Å². The number of benzene rings is 1. The van der Waals surface area contributed by atoms with E-state index in [2.05, 4.69) is 18.7 Å². The number of carbonyl (C=O) groups is 1. The molecule has 0 N–H and O–H groups in total. The van der Waals surface area contributed by atoms with Gasteiger partial charge in [-0.25, -0.2) is 4.79 Å². The van der Waals surface area contributed by atoms with Crippen molar-refractivity contribution in [1.29, 1.82) is 0 Å². The van der Waals surface area contributed by atoms with Crippen molar-refractivity contribution in [2.75, 3.05) is 18.0 Å². The van der Waals surface area contributed by atoms with Gasteiger partial charge in [0.15, 0.2) is 6.10 Å². The summed E-state index contributed by atoms with van der Waals surface area (Å²) in [5.74, 6) is 0.289. The van der Waals surface area contributed by atoms with Crippen LogP contribution in [0.15, 0.2) is 54.9 Å². The third-order valence-electron chi connectivity index (χ3n) is 7.22. The Morgan fingerprint density at radius 1 is 0.950 bits per heavy atom. The van der Waals surface area contributed by atoms with Crippen molar-refractivity contribution in [2.24, 2.45) is 5.41 Å². The second kappa shape index (κ2) is 12.8. The van der Waals surface area contributed by atoms with Crippen LogP contribution in [0.1, 0.15) is 77.3 Å². The van der Waals surface area contributed by atoms with Gasteiger partial charge in [-0.05, 0) is 70.6 Å². The SMILES string of the molecule is Cc1ncc(-c2ccc(OCc3ccccc3)cn2)c(N2CCC(C)(C)CC2)c1[C@H](OC(C)C)C(=O)OC(C)C. The molecule has 2 aromatic heterocycles. The van der Waals surface area contributed by atoms with E-state index in [4.69, 9.17) is 24.2 Å². The number of aryl methyl sites for hydroxylation is 1. The van der Waals surface area contributed by atoms with Gasteiger partial charge in [-0.15, -0.1) is 0 Å². The summed E-state index contributed by atoms with van der Waals surface area (Å²) in [6, 6.07) is 13.9. The van der Waals surface area contributed by atoms with Gasteiger partial charge < -0.3 is 19.1 Å². The molecule has 3 heterocycles. The van der Waals surface area contributed by atoms with E-state index in [9.17, 15) is 4.79 Å². The number of ether oxygens (including phenoxy) is 3. The standard InChI is InChI=1S/C33H43N3O4/c1-22(2)39-31(32(37)40-23(3)4)29-24(5)34-20-27(30(29)36-17-15-33(6,7)16-18-36)28-14-13-26(19-35-28)38-21-25-11-9-8-10-12-25/h8-14,19-20,22-23,31H,15-18,21H2,1-7H3/t31-/m0/s1. The topological polar surface area (TPSA) is 73.8 Å². The predicted molar refractivity (Wildman–Crippen MR) is 158 cm³/mol. The Hall–Kier alpha value is -3.45. The Morgan fingerprint density at radius 3 is 2.25 bits per heavy atom. The molecule has 0 spiro atoms. The van der Waals surface area contributed by atoms with Crippen LogP contribution < -0.4 is 9.64 Å². The number of aromatic nitrogens is 2. The van der Waals surface area contributed by atoms with Crippen molar-refractivity contribution in [1.82, 2.24) is 9.97 Å². The van der Waals surface area contributed by atoms with Crippen LogP contribution in [0.5, 0.6) is 5.75 Å². The second-order valence-electron chi connectivity index (χ2n) is 11.9. The highest BCUT2D eigenvalue weighted by molar-refractivity contribution is 5.86. The summed E-state index contributed by atoms with van der Waals surface area (Å²) in [5.41, 5.74) is 5.43. The molecule has 1 saturated heterocycles. The van der Waals surface area contributed by atoms with Gasteiger partial charge in [0, 0.05) is 36.1 Å². The smallest absolute Gasteiger partial charge is 0.340 e. The Morgan fingerprint density at radius 2 is 1.65 bits per heavy atom. The number of anilines is 1. The molecule has 1 aromatic carbocycles. The minimum atomic E-state index is -0.895. The monoisotopic (exact) mass is 545 g/mol. The lowest BCUT2D eigenvalue weighted by molar-refractivity contribution is -0.164. The molecule has 7 nitrogen and oxygen atoms in total. The van der Waals surface area contributed by atoms with Gasteiger partial charge >= 0.3 is 5.97 Å². The van der Waals surface area contributed by atoms with Crippen molar-refractivity contribution in [3.63, 3.8) is 0 Å². The molecular weight excluding hydrogens is 502 g/mol. The zero-order valence-corrected chi connectivity index (χ0v) is 24.9. The van der Waals surface area contributed by atoms with Crippen molar-refractivity contribution in [3.05, 3.63) is 71.7 Å². The minimum absolute atomic E-state index is 0.180. The zero-order valence-electron chi connectivity index (χ0n) is 24.9. The van der Waals surface area contributed by atoms with Crippen LogP contribution in [-0.4, -0.2) is 41.2 Å². The molecule has 0 radical (unpaired) electrons. The van der Waals surface area contributed by atoms with Gasteiger partial charge in [-0.1, -0.05) is 44.2 Å². The molecule has 3 aromatic rings. The fourth-order valence-electron chi connectivity index (χ4n) is 4.96. The maximum absolute atomic E-state index is 13.4. The molecular formula is C33H43N3O4. The summed E-state index contributed by atoms with van der Waals surface area (Å²) < 4.78 is 17.9. The summed E-state index contributed by atoms with van der Waals surface area (Å²) >= 11 is 0. The number of rotatable bonds is 10. The predicted octanol–water partition coefficient (Wildman–Crippen LogP) is 7.08. The van der Waals surface area contributed by atoms with E-state index in [1.54, 1.807) is 6.20 Å². The molecule has 0 unspecified atom stereocenters. The quantitative estimate of drug-likeness (QED) is 0.252. The minimum Gasteiger partial charge on any atom is -0.487 e. The number of nitrogens with zero attached hydrogens (tertiary/aromatic N) is 3. The molecule has 0 bridgehead atoms. The zero-order chi connectivity index (χ0) is 28.9. The molecule has 0 aliphatic carbocycles. The number of hydrogen-bond acceptors (Lipinski definition) is 7. The summed E-state index contributed by atoms with van der Waals surface area (Å²) in [6.07, 6.45) is 4.36. The van der Waals surface area contributed by atoms with Crippen LogP contribution in [0.3, 0.4) is 0 Å². The maximum atomic E-state index is 13.4. The third-order valence-corrected chi connectivity index (χ3v) is 7.22. The van der Waals surface area contributed by atoms with Gasteiger partial charge in [0.25, 0.3) is 0 Å². The molecule has 1 atom stereocenters. The van der Waals surface area contributed by atoms with E-state index in [0.717, 1.165) is 59.7 Å². The fraction of sp³-hybridized carbons (Fsp3) is 0.485. The lowest BCUT2D eigenvalue weighted by Crippen LogP contribution is -2.39.